The van der Waals surface area contributed by atoms with Crippen LogP contribution in [0.15, 0.2) is 63.9 Å². The molecule has 0 bridgehead atoms. The van der Waals surface area contributed by atoms with Gasteiger partial charge in [-0.3, -0.25) is 0 Å². The molecule has 4 nitrogen and oxygen atoms in total. The van der Waals surface area contributed by atoms with Crippen LogP contribution in [0.3, 0.4) is 0 Å². The average molecular weight is 332 g/mol. The Labute approximate surface area is 133 Å². The van der Waals surface area contributed by atoms with Gasteiger partial charge in [0.15, 0.2) is 4.71 Å². The van der Waals surface area contributed by atoms with Crippen molar-refractivity contribution in [2.24, 2.45) is 0 Å². The van der Waals surface area contributed by atoms with Gasteiger partial charge in [0.05, 0.1) is 0 Å². The number of hydrogen-bond acceptors (Lipinski definition) is 5. The standard InChI is InChI=1S/C16H12O4S2/c1-11-4-2-3-5-14(11)20-22(17,18)13-7-8-15-12(10-13)6-9-16(21)19-15/h2-10H,1H3. The zero-order valence-corrected chi connectivity index (χ0v) is 13.3. The normalized spacial score (nSPS) is 11.5. The highest BCUT2D eigenvalue weighted by molar-refractivity contribution is 7.87. The Balaban J connectivity index is 2.04. The molecule has 0 aliphatic heterocycles. The van der Waals surface area contributed by atoms with E-state index in [-0.39, 0.29) is 4.90 Å². The first kappa shape index (κ1) is 14.7. The molecule has 0 N–H and O–H groups in total. The molecular formula is C16H12O4S2. The third-order valence-electron chi connectivity index (χ3n) is 3.17. The summed E-state index contributed by atoms with van der Waals surface area (Å²) in [5, 5.41) is 0.642. The maximum atomic E-state index is 12.4. The quantitative estimate of drug-likeness (QED) is 0.530. The minimum atomic E-state index is -3.91. The summed E-state index contributed by atoms with van der Waals surface area (Å²) in [5.74, 6) is 0.313. The number of fused-ring (bicyclic) bond motifs is 1. The van der Waals surface area contributed by atoms with E-state index < -0.39 is 10.1 Å². The summed E-state index contributed by atoms with van der Waals surface area (Å²) in [7, 11) is -3.91. The molecule has 1 aromatic heterocycles. The Bertz CT molecular complexity index is 1000. The van der Waals surface area contributed by atoms with Crippen LogP contribution in [-0.4, -0.2) is 8.42 Å². The monoisotopic (exact) mass is 332 g/mol. The first-order valence-electron chi connectivity index (χ1n) is 6.50. The molecule has 0 amide bonds. The van der Waals surface area contributed by atoms with Crippen molar-refractivity contribution in [3.63, 3.8) is 0 Å². The predicted octanol–water partition coefficient (Wildman–Crippen LogP) is 4.24. The molecule has 0 saturated heterocycles. The summed E-state index contributed by atoms with van der Waals surface area (Å²) < 4.78 is 35.7. The second-order valence-corrected chi connectivity index (χ2v) is 6.71. The molecule has 0 spiro atoms. The highest BCUT2D eigenvalue weighted by Crippen LogP contribution is 2.24. The zero-order chi connectivity index (χ0) is 15.7. The van der Waals surface area contributed by atoms with Crippen molar-refractivity contribution in [1.29, 1.82) is 0 Å². The fraction of sp³-hybridized carbons (Fsp3) is 0.0625. The van der Waals surface area contributed by atoms with Gasteiger partial charge in [0.1, 0.15) is 16.2 Å². The lowest BCUT2D eigenvalue weighted by molar-refractivity contribution is 0.484. The first-order valence-corrected chi connectivity index (χ1v) is 8.31. The second-order valence-electron chi connectivity index (χ2n) is 4.76. The molecule has 0 fully saturated rings. The molecular weight excluding hydrogens is 320 g/mol. The zero-order valence-electron chi connectivity index (χ0n) is 11.6. The summed E-state index contributed by atoms with van der Waals surface area (Å²) in [5.41, 5.74) is 1.28. The Hall–Kier alpha value is -2.18. The molecule has 0 atom stereocenters. The molecule has 3 rings (SSSR count). The van der Waals surface area contributed by atoms with Crippen LogP contribution in [0.1, 0.15) is 5.56 Å². The van der Waals surface area contributed by atoms with Gasteiger partial charge in [-0.25, -0.2) is 0 Å². The van der Waals surface area contributed by atoms with Crippen LogP contribution in [0.2, 0.25) is 0 Å². The van der Waals surface area contributed by atoms with Crippen LogP contribution in [0.25, 0.3) is 11.0 Å². The molecule has 0 saturated carbocycles. The van der Waals surface area contributed by atoms with Crippen molar-refractivity contribution in [3.8, 4) is 5.75 Å². The third kappa shape index (κ3) is 2.88. The maximum absolute atomic E-state index is 12.4. The molecule has 0 aliphatic carbocycles. The molecule has 0 radical (unpaired) electrons. The van der Waals surface area contributed by atoms with Crippen molar-refractivity contribution in [2.75, 3.05) is 0 Å². The molecule has 1 heterocycles. The number of benzene rings is 2. The Morgan fingerprint density at radius 2 is 1.82 bits per heavy atom. The van der Waals surface area contributed by atoms with Crippen molar-refractivity contribution < 1.29 is 17.0 Å². The van der Waals surface area contributed by atoms with Crippen LogP contribution in [0.5, 0.6) is 5.75 Å². The van der Waals surface area contributed by atoms with E-state index in [1.54, 1.807) is 43.3 Å². The van der Waals surface area contributed by atoms with Gasteiger partial charge in [0.25, 0.3) is 0 Å². The summed E-state index contributed by atoms with van der Waals surface area (Å²) in [6.07, 6.45) is 0. The molecule has 2 aromatic carbocycles. The van der Waals surface area contributed by atoms with Gasteiger partial charge >= 0.3 is 10.1 Å². The summed E-state index contributed by atoms with van der Waals surface area (Å²) in [6.45, 7) is 1.79. The van der Waals surface area contributed by atoms with E-state index in [0.29, 0.717) is 21.4 Å². The molecule has 0 aliphatic rings. The van der Waals surface area contributed by atoms with Crippen molar-refractivity contribution >= 4 is 33.3 Å². The molecule has 3 aromatic rings. The van der Waals surface area contributed by atoms with E-state index in [1.807, 2.05) is 6.07 Å². The van der Waals surface area contributed by atoms with Crippen LogP contribution in [0.4, 0.5) is 0 Å². The predicted molar refractivity (Wildman–Crippen MR) is 86.0 cm³/mol. The van der Waals surface area contributed by atoms with Gasteiger partial charge < -0.3 is 8.60 Å². The van der Waals surface area contributed by atoms with Crippen molar-refractivity contribution in [1.82, 2.24) is 0 Å². The lowest BCUT2D eigenvalue weighted by Gasteiger charge is -2.09. The fourth-order valence-electron chi connectivity index (χ4n) is 2.02. The summed E-state index contributed by atoms with van der Waals surface area (Å²) in [6, 6.07) is 14.8. The lowest BCUT2D eigenvalue weighted by atomic mass is 10.2. The highest BCUT2D eigenvalue weighted by atomic mass is 32.2. The topological polar surface area (TPSA) is 56.5 Å². The fourth-order valence-corrected chi connectivity index (χ4v) is 3.21. The van der Waals surface area contributed by atoms with Gasteiger partial charge in [-0.2, -0.15) is 8.42 Å². The number of hydrogen-bond donors (Lipinski definition) is 0. The Kier molecular flexibility index (Phi) is 3.72. The Morgan fingerprint density at radius 3 is 2.59 bits per heavy atom. The van der Waals surface area contributed by atoms with Crippen molar-refractivity contribution in [3.05, 3.63) is 64.9 Å². The smallest absolute Gasteiger partial charge is 0.339 e. The average Bonchev–Trinajstić information content (AvgIpc) is 2.49. The van der Waals surface area contributed by atoms with Gasteiger partial charge in [-0.05, 0) is 61.1 Å². The van der Waals surface area contributed by atoms with Gasteiger partial charge in [-0.15, -0.1) is 0 Å². The number of para-hydroxylation sites is 1. The van der Waals surface area contributed by atoms with Gasteiger partial charge in [0.2, 0.25) is 0 Å². The van der Waals surface area contributed by atoms with Crippen LogP contribution >= 0.6 is 12.2 Å². The lowest BCUT2D eigenvalue weighted by Crippen LogP contribution is -2.10. The second kappa shape index (κ2) is 5.55. The molecule has 112 valence electrons. The van der Waals surface area contributed by atoms with Crippen molar-refractivity contribution in [2.45, 2.75) is 11.8 Å². The van der Waals surface area contributed by atoms with E-state index in [0.717, 1.165) is 5.56 Å². The summed E-state index contributed by atoms with van der Waals surface area (Å²) >= 11 is 4.94. The van der Waals surface area contributed by atoms with E-state index in [4.69, 9.17) is 20.8 Å². The number of rotatable bonds is 3. The molecule has 6 heteroatoms. The molecule has 0 unspecified atom stereocenters. The van der Waals surface area contributed by atoms with Gasteiger partial charge in [-0.1, -0.05) is 18.2 Å². The minimum Gasteiger partial charge on any atom is -0.445 e. The summed E-state index contributed by atoms with van der Waals surface area (Å²) in [4.78, 5) is 0.0653. The maximum Gasteiger partial charge on any atom is 0.339 e. The van der Waals surface area contributed by atoms with E-state index in [1.165, 1.54) is 12.1 Å². The number of aryl methyl sites for hydroxylation is 1. The van der Waals surface area contributed by atoms with E-state index in [2.05, 4.69) is 0 Å². The minimum absolute atomic E-state index is 0.0653. The van der Waals surface area contributed by atoms with E-state index >= 15 is 0 Å². The first-order chi connectivity index (χ1) is 10.5. The van der Waals surface area contributed by atoms with E-state index in [9.17, 15) is 8.42 Å². The van der Waals surface area contributed by atoms with Crippen LogP contribution in [-0.2, 0) is 10.1 Å². The Morgan fingerprint density at radius 1 is 1.05 bits per heavy atom. The van der Waals surface area contributed by atoms with Crippen LogP contribution < -0.4 is 4.18 Å². The van der Waals surface area contributed by atoms with Gasteiger partial charge in [0, 0.05) is 5.39 Å². The third-order valence-corrected chi connectivity index (χ3v) is 4.62. The van der Waals surface area contributed by atoms with Crippen LogP contribution in [0, 0.1) is 11.6 Å². The SMILES string of the molecule is Cc1ccccc1OS(=O)(=O)c1ccc2oc(=S)ccc2c1. The largest absolute Gasteiger partial charge is 0.445 e. The highest BCUT2D eigenvalue weighted by Gasteiger charge is 2.18. The molecule has 22 heavy (non-hydrogen) atoms.